The Morgan fingerprint density at radius 1 is 0.650 bits per heavy atom. The zero-order valence-electron chi connectivity index (χ0n) is 31.1. The van der Waals surface area contributed by atoms with Crippen LogP contribution in [0.15, 0.2) is 98.0 Å². The van der Waals surface area contributed by atoms with Gasteiger partial charge in [-0.05, 0) is 41.5 Å². The van der Waals surface area contributed by atoms with E-state index < -0.39 is 35.7 Å². The lowest BCUT2D eigenvalue weighted by Crippen LogP contribution is -2.33. The molecule has 4 N–H and O–H groups in total. The first-order chi connectivity index (χ1) is 28.8. The van der Waals surface area contributed by atoms with E-state index in [1.165, 1.54) is 29.5 Å². The average Bonchev–Trinajstić information content (AvgIpc) is 3.97. The van der Waals surface area contributed by atoms with Crippen molar-refractivity contribution in [3.8, 4) is 11.6 Å². The van der Waals surface area contributed by atoms with Gasteiger partial charge in [-0.1, -0.05) is 24.3 Å². The van der Waals surface area contributed by atoms with Crippen molar-refractivity contribution in [3.05, 3.63) is 132 Å². The molecule has 6 heterocycles. The van der Waals surface area contributed by atoms with Crippen molar-refractivity contribution < 1.29 is 45.4 Å². The maximum absolute atomic E-state index is 12.8. The van der Waals surface area contributed by atoms with Crippen molar-refractivity contribution in [1.82, 2.24) is 50.1 Å². The Hall–Kier alpha value is -6.62. The van der Waals surface area contributed by atoms with Crippen LogP contribution in [0.25, 0.3) is 11.6 Å². The minimum atomic E-state index is -4.62. The van der Waals surface area contributed by atoms with Crippen LogP contribution >= 0.6 is 0 Å². The third kappa shape index (κ3) is 10.5. The van der Waals surface area contributed by atoms with Crippen LogP contribution < -0.4 is 21.3 Å². The molecular weight excluding hydrogens is 802 g/mol. The summed E-state index contributed by atoms with van der Waals surface area (Å²) in [5.74, 6) is -2.39. The Bertz CT molecular complexity index is 2380. The number of carbonyl (C=O) groups excluding carboxylic acids is 2. The van der Waals surface area contributed by atoms with E-state index in [-0.39, 0.29) is 35.0 Å². The molecule has 0 unspecified atom stereocenters. The van der Waals surface area contributed by atoms with E-state index in [2.05, 4.69) is 51.4 Å². The standard InChI is InChI=1S/2C19H17F3N6O2/c20-19(21,22)18-24-8-15(9-25-18)28-11-13(7-26-28)17(29)27-14-3-1-12(2-4-14)16-10-23-5-6-30-16;20-19(21,22)16-5-6-24-18(27-16)28-11-13(9-25-28)17(29)26-14-3-1-12(2-4-14)15-10-23-7-8-30-15/h1-4,7-9,11,16,23H,5-6,10H2,(H,27,29);1-6,9,11,15,23H,7-8,10H2,(H,26,29)/t16-;15-/m11/s1. The normalized spacial score (nSPS) is 17.0. The number of nitrogens with one attached hydrogen (secondary N) is 4. The number of hydrogen-bond acceptors (Lipinski definition) is 12. The van der Waals surface area contributed by atoms with Crippen molar-refractivity contribution in [2.45, 2.75) is 24.6 Å². The number of anilines is 2. The van der Waals surface area contributed by atoms with Crippen molar-refractivity contribution >= 4 is 23.2 Å². The summed E-state index contributed by atoms with van der Waals surface area (Å²) in [6.07, 6.45) is -1.12. The monoisotopic (exact) mass is 836 g/mol. The van der Waals surface area contributed by atoms with Crippen LogP contribution in [-0.2, 0) is 21.8 Å². The van der Waals surface area contributed by atoms with Gasteiger partial charge in [0.25, 0.3) is 17.8 Å². The highest BCUT2D eigenvalue weighted by Gasteiger charge is 2.35. The molecule has 2 aliphatic rings. The first kappa shape index (κ1) is 41.5. The Morgan fingerprint density at radius 3 is 1.62 bits per heavy atom. The van der Waals surface area contributed by atoms with E-state index in [0.29, 0.717) is 24.6 Å². The highest BCUT2D eigenvalue weighted by atomic mass is 19.4. The summed E-state index contributed by atoms with van der Waals surface area (Å²) in [5, 5.41) is 19.9. The van der Waals surface area contributed by atoms with Crippen molar-refractivity contribution in [2.75, 3.05) is 50.0 Å². The zero-order chi connectivity index (χ0) is 42.3. The fraction of sp³-hybridized carbons (Fsp3) is 0.263. The molecular formula is C38H34F6N12O4. The van der Waals surface area contributed by atoms with E-state index in [0.717, 1.165) is 66.6 Å². The second-order valence-electron chi connectivity index (χ2n) is 13.1. The number of aromatic nitrogens is 8. The fourth-order valence-electron chi connectivity index (χ4n) is 5.86. The van der Waals surface area contributed by atoms with Crippen molar-refractivity contribution in [3.63, 3.8) is 0 Å². The summed E-state index contributed by atoms with van der Waals surface area (Å²) in [5.41, 5.74) is 2.66. The van der Waals surface area contributed by atoms with Crippen molar-refractivity contribution in [1.29, 1.82) is 0 Å². The molecule has 2 amide bonds. The molecule has 22 heteroatoms. The summed E-state index contributed by atoms with van der Waals surface area (Å²) >= 11 is 0. The van der Waals surface area contributed by atoms with Gasteiger partial charge in [-0.2, -0.15) is 36.5 Å². The fourth-order valence-corrected chi connectivity index (χ4v) is 5.86. The Labute approximate surface area is 336 Å². The molecule has 0 aliphatic carbocycles. The smallest absolute Gasteiger partial charge is 0.371 e. The van der Waals surface area contributed by atoms with E-state index in [4.69, 9.17) is 9.47 Å². The van der Waals surface area contributed by atoms with Gasteiger partial charge in [0.05, 0.1) is 61.3 Å². The molecule has 4 aromatic heterocycles. The van der Waals surface area contributed by atoms with Crippen LogP contribution in [0, 0.1) is 0 Å². The summed E-state index contributed by atoms with van der Waals surface area (Å²) in [7, 11) is 0. The first-order valence-corrected chi connectivity index (χ1v) is 18.2. The van der Waals surface area contributed by atoms with Gasteiger partial charge in [-0.3, -0.25) is 9.59 Å². The Morgan fingerprint density at radius 2 is 1.15 bits per heavy atom. The first-order valence-electron chi connectivity index (χ1n) is 18.2. The van der Waals surface area contributed by atoms with Crippen molar-refractivity contribution in [2.24, 2.45) is 0 Å². The van der Waals surface area contributed by atoms with Crippen LogP contribution in [0.5, 0.6) is 0 Å². The molecule has 2 fully saturated rings. The van der Waals surface area contributed by atoms with Crippen LogP contribution in [-0.4, -0.2) is 90.7 Å². The van der Waals surface area contributed by atoms with Crippen LogP contribution in [0.1, 0.15) is 55.6 Å². The summed E-state index contributed by atoms with van der Waals surface area (Å²) in [4.78, 5) is 38.7. The lowest BCUT2D eigenvalue weighted by atomic mass is 10.1. The largest absolute Gasteiger partial charge is 0.451 e. The topological polar surface area (TPSA) is 188 Å². The number of benzene rings is 2. The highest BCUT2D eigenvalue weighted by Crippen LogP contribution is 2.28. The summed E-state index contributed by atoms with van der Waals surface area (Å²) < 4.78 is 89.7. The van der Waals surface area contributed by atoms with E-state index in [9.17, 15) is 35.9 Å². The van der Waals surface area contributed by atoms with Gasteiger partial charge in [0.15, 0.2) is 0 Å². The second kappa shape index (κ2) is 18.1. The molecule has 0 spiro atoms. The molecule has 312 valence electrons. The van der Waals surface area contributed by atoms with E-state index in [1.807, 2.05) is 24.3 Å². The van der Waals surface area contributed by atoms with Gasteiger partial charge < -0.3 is 30.7 Å². The maximum atomic E-state index is 12.8. The number of carbonyl (C=O) groups is 2. The quantitative estimate of drug-likeness (QED) is 0.147. The van der Waals surface area contributed by atoms with Gasteiger partial charge >= 0.3 is 12.4 Å². The predicted molar refractivity (Wildman–Crippen MR) is 200 cm³/mol. The van der Waals surface area contributed by atoms with Crippen LogP contribution in [0.3, 0.4) is 0 Å². The van der Waals surface area contributed by atoms with Gasteiger partial charge in [0.2, 0.25) is 5.82 Å². The lowest BCUT2D eigenvalue weighted by molar-refractivity contribution is -0.145. The van der Waals surface area contributed by atoms with Gasteiger partial charge in [-0.25, -0.2) is 29.3 Å². The van der Waals surface area contributed by atoms with Crippen LogP contribution in [0.4, 0.5) is 37.7 Å². The number of rotatable bonds is 8. The number of hydrogen-bond donors (Lipinski definition) is 4. The number of ether oxygens (including phenoxy) is 2. The minimum Gasteiger partial charge on any atom is -0.371 e. The molecule has 0 bridgehead atoms. The van der Waals surface area contributed by atoms with Crippen LogP contribution in [0.2, 0.25) is 0 Å². The number of nitrogens with zero attached hydrogens (tertiary/aromatic N) is 8. The van der Waals surface area contributed by atoms with Gasteiger partial charge in [-0.15, -0.1) is 0 Å². The zero-order valence-corrected chi connectivity index (χ0v) is 31.1. The predicted octanol–water partition coefficient (Wildman–Crippen LogP) is 5.19. The Balaban J connectivity index is 0.000000181. The third-order valence-corrected chi connectivity index (χ3v) is 8.92. The number of halogens is 6. The molecule has 8 rings (SSSR count). The molecule has 6 aromatic rings. The molecule has 2 atom stereocenters. The minimum absolute atomic E-state index is 0.0207. The second-order valence-corrected chi connectivity index (χ2v) is 13.1. The van der Waals surface area contributed by atoms with Gasteiger partial charge in [0.1, 0.15) is 11.4 Å². The highest BCUT2D eigenvalue weighted by molar-refractivity contribution is 6.04. The maximum Gasteiger partial charge on any atom is 0.451 e. The number of morpholine rings is 2. The summed E-state index contributed by atoms with van der Waals surface area (Å²) in [6.45, 7) is 4.40. The lowest BCUT2D eigenvalue weighted by Gasteiger charge is -2.24. The van der Waals surface area contributed by atoms with E-state index >= 15 is 0 Å². The molecule has 0 saturated carbocycles. The number of amides is 2. The molecule has 16 nitrogen and oxygen atoms in total. The average molecular weight is 837 g/mol. The molecule has 2 aliphatic heterocycles. The molecule has 60 heavy (non-hydrogen) atoms. The number of alkyl halides is 6. The SMILES string of the molecule is O=C(Nc1ccc([C@H]2CNCCO2)cc1)c1cnn(-c2cnc(C(F)(F)F)nc2)c1.O=C(Nc1ccc([C@H]2CNCCO2)cc1)c1cnn(-c2nccc(C(F)(F)F)n2)c1. The Kier molecular flexibility index (Phi) is 12.5. The molecule has 2 aromatic carbocycles. The molecule has 2 saturated heterocycles. The van der Waals surface area contributed by atoms with E-state index in [1.54, 1.807) is 24.3 Å². The molecule has 0 radical (unpaired) electrons. The summed E-state index contributed by atoms with van der Waals surface area (Å²) in [6, 6.07) is 15.3. The third-order valence-electron chi connectivity index (χ3n) is 8.92. The van der Waals surface area contributed by atoms with Gasteiger partial charge in [0, 0.05) is 56.1 Å².